The summed E-state index contributed by atoms with van der Waals surface area (Å²) in [5.41, 5.74) is 11.8. The molecule has 0 atom stereocenters. The van der Waals surface area contributed by atoms with Gasteiger partial charge in [-0.3, -0.25) is 4.79 Å². The zero-order valence-corrected chi connectivity index (χ0v) is 15.8. The first-order valence-corrected chi connectivity index (χ1v) is 9.50. The lowest BCUT2D eigenvalue weighted by Gasteiger charge is -2.15. The van der Waals surface area contributed by atoms with E-state index < -0.39 is 11.9 Å². The normalized spacial score (nSPS) is 12.3. The maximum Gasteiger partial charge on any atom is 0.338 e. The number of carboxylic acids is 1. The summed E-state index contributed by atoms with van der Waals surface area (Å²) in [6.07, 6.45) is 0.183. The van der Waals surface area contributed by atoms with Crippen LogP contribution >= 0.6 is 0 Å². The van der Waals surface area contributed by atoms with Crippen molar-refractivity contribution in [2.45, 2.75) is 18.8 Å². The quantitative estimate of drug-likeness (QED) is 0.487. The average Bonchev–Trinajstić information content (AvgIpc) is 3.05. The van der Waals surface area contributed by atoms with Gasteiger partial charge in [0.05, 0.1) is 5.56 Å². The van der Waals surface area contributed by atoms with Crippen LogP contribution in [0.15, 0.2) is 66.7 Å². The van der Waals surface area contributed by atoms with Gasteiger partial charge in [0, 0.05) is 18.0 Å². The summed E-state index contributed by atoms with van der Waals surface area (Å²) >= 11 is 0. The minimum atomic E-state index is -0.916. The van der Waals surface area contributed by atoms with E-state index in [4.69, 9.17) is 15.6 Å². The van der Waals surface area contributed by atoms with Gasteiger partial charge in [0.25, 0.3) is 0 Å². The number of anilines is 1. The van der Waals surface area contributed by atoms with E-state index >= 15 is 0 Å². The third kappa shape index (κ3) is 3.72. The molecule has 1 aliphatic rings. The van der Waals surface area contributed by atoms with Crippen molar-refractivity contribution < 1.29 is 19.4 Å². The van der Waals surface area contributed by atoms with E-state index in [1.807, 2.05) is 24.3 Å². The van der Waals surface area contributed by atoms with Gasteiger partial charge in [-0.05, 0) is 46.4 Å². The molecular weight excluding hydrogens is 366 g/mol. The van der Waals surface area contributed by atoms with Crippen molar-refractivity contribution in [3.05, 3.63) is 89.0 Å². The van der Waals surface area contributed by atoms with Crippen LogP contribution in [0.4, 0.5) is 5.69 Å². The zero-order valence-electron chi connectivity index (χ0n) is 15.8. The Balaban J connectivity index is 1.57. The largest absolute Gasteiger partial charge is 0.481 e. The highest BCUT2D eigenvalue weighted by Gasteiger charge is 2.29. The van der Waals surface area contributed by atoms with Gasteiger partial charge in [0.1, 0.15) is 6.61 Å². The van der Waals surface area contributed by atoms with Gasteiger partial charge in [-0.2, -0.15) is 0 Å². The highest BCUT2D eigenvalue weighted by molar-refractivity contribution is 5.92. The molecule has 1 aliphatic carbocycles. The summed E-state index contributed by atoms with van der Waals surface area (Å²) in [5, 5.41) is 8.95. The van der Waals surface area contributed by atoms with Crippen molar-refractivity contribution in [2.75, 3.05) is 12.3 Å². The van der Waals surface area contributed by atoms with E-state index in [0.717, 1.165) is 22.3 Å². The van der Waals surface area contributed by atoms with Crippen molar-refractivity contribution in [3.8, 4) is 11.1 Å². The minimum absolute atomic E-state index is 0.0325. The molecule has 0 spiro atoms. The summed E-state index contributed by atoms with van der Waals surface area (Å²) in [6, 6.07) is 21.2. The summed E-state index contributed by atoms with van der Waals surface area (Å²) in [4.78, 5) is 23.7. The number of nitrogens with two attached hydrogens (primary N) is 1. The molecule has 0 fully saturated rings. The molecule has 29 heavy (non-hydrogen) atoms. The summed E-state index contributed by atoms with van der Waals surface area (Å²) in [6.45, 7) is 0.208. The number of rotatable bonds is 6. The second-order valence-electron chi connectivity index (χ2n) is 7.14. The molecule has 0 aromatic heterocycles. The SMILES string of the molecule is Nc1ccc(CCC(=O)O)c(C(=O)OCC2c3ccccc3-c3ccccc32)c1. The molecule has 3 N–H and O–H groups in total. The number of hydrogen-bond acceptors (Lipinski definition) is 4. The predicted octanol–water partition coefficient (Wildman–Crippen LogP) is 4.26. The first-order chi connectivity index (χ1) is 14.0. The lowest BCUT2D eigenvalue weighted by atomic mass is 9.98. The number of aryl methyl sites for hydroxylation is 1. The number of esters is 1. The number of nitrogen functional groups attached to an aromatic ring is 1. The second kappa shape index (κ2) is 7.80. The van der Waals surface area contributed by atoms with Gasteiger partial charge in [-0.25, -0.2) is 4.79 Å². The van der Waals surface area contributed by atoms with Crippen LogP contribution in [-0.2, 0) is 16.0 Å². The van der Waals surface area contributed by atoms with Crippen LogP contribution in [0.1, 0.15) is 39.4 Å². The fourth-order valence-electron chi connectivity index (χ4n) is 3.92. The minimum Gasteiger partial charge on any atom is -0.481 e. The molecule has 5 heteroatoms. The molecule has 3 aromatic rings. The van der Waals surface area contributed by atoms with E-state index in [1.165, 1.54) is 0 Å². The fourth-order valence-corrected chi connectivity index (χ4v) is 3.92. The molecule has 146 valence electrons. The van der Waals surface area contributed by atoms with E-state index in [0.29, 0.717) is 16.8 Å². The predicted molar refractivity (Wildman–Crippen MR) is 111 cm³/mol. The standard InChI is InChI=1S/C24H21NO4/c25-16-11-9-15(10-12-23(26)27)21(13-16)24(28)29-14-22-19-7-3-1-5-17(19)18-6-2-4-8-20(18)22/h1-9,11,13,22H,10,12,14,25H2,(H,26,27). The van der Waals surface area contributed by atoms with Crippen molar-refractivity contribution in [1.29, 1.82) is 0 Å². The Kier molecular flexibility index (Phi) is 5.04. The maximum absolute atomic E-state index is 12.8. The Morgan fingerprint density at radius 3 is 2.17 bits per heavy atom. The molecule has 0 saturated carbocycles. The van der Waals surface area contributed by atoms with Gasteiger partial charge in [-0.15, -0.1) is 0 Å². The third-order valence-corrected chi connectivity index (χ3v) is 5.31. The Bertz CT molecular complexity index is 1040. The Morgan fingerprint density at radius 1 is 0.931 bits per heavy atom. The second-order valence-corrected chi connectivity index (χ2v) is 7.14. The number of carbonyl (C=O) groups excluding carboxylic acids is 1. The monoisotopic (exact) mass is 387 g/mol. The van der Waals surface area contributed by atoms with E-state index in [2.05, 4.69) is 24.3 Å². The van der Waals surface area contributed by atoms with Crippen LogP contribution < -0.4 is 5.73 Å². The first kappa shape index (κ1) is 18.7. The molecule has 0 bridgehead atoms. The van der Waals surface area contributed by atoms with Gasteiger partial charge in [-0.1, -0.05) is 54.6 Å². The Morgan fingerprint density at radius 2 is 1.55 bits per heavy atom. The zero-order chi connectivity index (χ0) is 20.4. The molecule has 0 heterocycles. The topological polar surface area (TPSA) is 89.6 Å². The Labute approximate surface area is 168 Å². The van der Waals surface area contributed by atoms with Crippen LogP contribution in [0, 0.1) is 0 Å². The highest BCUT2D eigenvalue weighted by atomic mass is 16.5. The van der Waals surface area contributed by atoms with E-state index in [-0.39, 0.29) is 25.4 Å². The molecule has 0 radical (unpaired) electrons. The molecule has 3 aromatic carbocycles. The van der Waals surface area contributed by atoms with E-state index in [9.17, 15) is 9.59 Å². The number of benzene rings is 3. The summed E-state index contributed by atoms with van der Waals surface area (Å²) in [7, 11) is 0. The Hall–Kier alpha value is -3.60. The smallest absolute Gasteiger partial charge is 0.338 e. The molecule has 0 amide bonds. The van der Waals surface area contributed by atoms with Crippen LogP contribution in [0.2, 0.25) is 0 Å². The van der Waals surface area contributed by atoms with Gasteiger partial charge < -0.3 is 15.6 Å². The van der Waals surface area contributed by atoms with Crippen molar-refractivity contribution in [3.63, 3.8) is 0 Å². The van der Waals surface area contributed by atoms with E-state index in [1.54, 1.807) is 18.2 Å². The molecule has 0 unspecified atom stereocenters. The average molecular weight is 387 g/mol. The number of aliphatic carboxylic acids is 1. The van der Waals surface area contributed by atoms with Crippen LogP contribution in [0.3, 0.4) is 0 Å². The number of hydrogen-bond donors (Lipinski definition) is 2. The van der Waals surface area contributed by atoms with Gasteiger partial charge in [0.15, 0.2) is 0 Å². The van der Waals surface area contributed by atoms with Crippen LogP contribution in [0.5, 0.6) is 0 Å². The molecule has 5 nitrogen and oxygen atoms in total. The number of carboxylic acid groups (broad SMARTS) is 1. The molecule has 0 saturated heterocycles. The van der Waals surface area contributed by atoms with Gasteiger partial charge in [0.2, 0.25) is 0 Å². The first-order valence-electron chi connectivity index (χ1n) is 9.50. The highest BCUT2D eigenvalue weighted by Crippen LogP contribution is 2.44. The lowest BCUT2D eigenvalue weighted by Crippen LogP contribution is -2.15. The number of ether oxygens (including phenoxy) is 1. The maximum atomic E-state index is 12.8. The summed E-state index contributed by atoms with van der Waals surface area (Å²) in [5.74, 6) is -1.44. The fraction of sp³-hybridized carbons (Fsp3) is 0.167. The summed E-state index contributed by atoms with van der Waals surface area (Å²) < 4.78 is 5.69. The van der Waals surface area contributed by atoms with Crippen molar-refractivity contribution in [2.24, 2.45) is 0 Å². The van der Waals surface area contributed by atoms with Gasteiger partial charge >= 0.3 is 11.9 Å². The van der Waals surface area contributed by atoms with Crippen molar-refractivity contribution in [1.82, 2.24) is 0 Å². The lowest BCUT2D eigenvalue weighted by molar-refractivity contribution is -0.136. The number of fused-ring (bicyclic) bond motifs is 3. The third-order valence-electron chi connectivity index (χ3n) is 5.31. The van der Waals surface area contributed by atoms with Crippen molar-refractivity contribution >= 4 is 17.6 Å². The molecular formula is C24H21NO4. The number of carbonyl (C=O) groups is 2. The molecule has 0 aliphatic heterocycles. The van der Waals surface area contributed by atoms with Crippen LogP contribution in [-0.4, -0.2) is 23.7 Å². The van der Waals surface area contributed by atoms with Crippen LogP contribution in [0.25, 0.3) is 11.1 Å². The molecule has 4 rings (SSSR count).